The van der Waals surface area contributed by atoms with Gasteiger partial charge in [0, 0.05) is 0 Å². The molecule has 1 aromatic carbocycles. The minimum atomic E-state index is -3.68. The van der Waals surface area contributed by atoms with Crippen molar-refractivity contribution in [2.45, 2.75) is 5.03 Å². The molecule has 92 valence electrons. The topological polar surface area (TPSA) is 104 Å². The van der Waals surface area contributed by atoms with Crippen molar-refractivity contribution in [2.75, 3.05) is 4.72 Å². The van der Waals surface area contributed by atoms with E-state index in [1.165, 1.54) is 12.5 Å². The molecule has 0 fully saturated rings. The fraction of sp³-hybridized carbons (Fsp3) is 0. The minimum Gasteiger partial charge on any atom is -0.334 e. The monoisotopic (exact) mass is 263 g/mol. The van der Waals surface area contributed by atoms with Crippen LogP contribution in [-0.2, 0) is 10.0 Å². The summed E-state index contributed by atoms with van der Waals surface area (Å²) in [4.78, 5) is 13.2. The van der Waals surface area contributed by atoms with Gasteiger partial charge in [-0.2, -0.15) is 8.42 Å². The van der Waals surface area contributed by atoms with Crippen LogP contribution in [0.15, 0.2) is 41.8 Å². The van der Waals surface area contributed by atoms with Gasteiger partial charge >= 0.3 is 0 Å². The van der Waals surface area contributed by atoms with Crippen LogP contribution in [0.4, 0.5) is 5.95 Å². The van der Waals surface area contributed by atoms with E-state index in [-0.39, 0.29) is 11.0 Å². The summed E-state index contributed by atoms with van der Waals surface area (Å²) in [5.41, 5.74) is 1.46. The Morgan fingerprint density at radius 1 is 1.22 bits per heavy atom. The minimum absolute atomic E-state index is 0.0112. The molecule has 0 radical (unpaired) electrons. The third-order valence-corrected chi connectivity index (χ3v) is 3.65. The number of fused-ring (bicyclic) bond motifs is 1. The van der Waals surface area contributed by atoms with Crippen LogP contribution >= 0.6 is 0 Å². The van der Waals surface area contributed by atoms with Crippen LogP contribution in [0.2, 0.25) is 0 Å². The van der Waals surface area contributed by atoms with Crippen molar-refractivity contribution < 1.29 is 8.42 Å². The Labute approximate surface area is 102 Å². The van der Waals surface area contributed by atoms with Gasteiger partial charge in [-0.3, -0.25) is 0 Å². The third-order valence-electron chi connectivity index (χ3n) is 2.38. The molecule has 3 rings (SSSR count). The number of aromatic nitrogens is 4. The van der Waals surface area contributed by atoms with Crippen LogP contribution in [0.3, 0.4) is 0 Å². The van der Waals surface area contributed by atoms with E-state index in [1.54, 1.807) is 6.07 Å². The van der Waals surface area contributed by atoms with Gasteiger partial charge in [0.05, 0.1) is 23.6 Å². The molecule has 2 heterocycles. The molecular weight excluding hydrogens is 254 g/mol. The van der Waals surface area contributed by atoms with Gasteiger partial charge in [-0.1, -0.05) is 12.1 Å². The highest BCUT2D eigenvalue weighted by molar-refractivity contribution is 7.92. The molecule has 8 heteroatoms. The second-order valence-corrected chi connectivity index (χ2v) is 5.27. The maximum absolute atomic E-state index is 11.9. The van der Waals surface area contributed by atoms with E-state index in [4.69, 9.17) is 0 Å². The molecule has 0 atom stereocenters. The number of hydrogen-bond donors (Lipinski definition) is 3. The third kappa shape index (κ3) is 1.82. The van der Waals surface area contributed by atoms with Gasteiger partial charge < -0.3 is 9.97 Å². The SMILES string of the molecule is O=S(=O)(Nc1nc2ccccc2[nH]1)c1cnc[nH]1. The van der Waals surface area contributed by atoms with Crippen LogP contribution in [0.25, 0.3) is 11.0 Å². The van der Waals surface area contributed by atoms with Gasteiger partial charge in [0.1, 0.15) is 0 Å². The van der Waals surface area contributed by atoms with Gasteiger partial charge in [-0.25, -0.2) is 14.7 Å². The number of benzene rings is 1. The maximum atomic E-state index is 11.9. The summed E-state index contributed by atoms with van der Waals surface area (Å²) in [7, 11) is -3.68. The van der Waals surface area contributed by atoms with Gasteiger partial charge in [0.25, 0.3) is 10.0 Å². The van der Waals surface area contributed by atoms with Crippen molar-refractivity contribution in [1.29, 1.82) is 0 Å². The highest BCUT2D eigenvalue weighted by Crippen LogP contribution is 2.16. The van der Waals surface area contributed by atoms with E-state index in [1.807, 2.05) is 18.2 Å². The van der Waals surface area contributed by atoms with Crippen molar-refractivity contribution in [3.05, 3.63) is 36.8 Å². The highest BCUT2D eigenvalue weighted by Gasteiger charge is 2.17. The van der Waals surface area contributed by atoms with Crippen LogP contribution in [0.5, 0.6) is 0 Å². The molecule has 18 heavy (non-hydrogen) atoms. The van der Waals surface area contributed by atoms with Gasteiger partial charge in [0.15, 0.2) is 5.03 Å². The summed E-state index contributed by atoms with van der Waals surface area (Å²) < 4.78 is 26.1. The Hall–Kier alpha value is -2.35. The van der Waals surface area contributed by atoms with E-state index in [9.17, 15) is 8.42 Å². The molecule has 7 nitrogen and oxygen atoms in total. The van der Waals surface area contributed by atoms with E-state index < -0.39 is 10.0 Å². The number of para-hydroxylation sites is 2. The summed E-state index contributed by atoms with van der Waals surface area (Å²) in [6, 6.07) is 7.28. The first-order chi connectivity index (χ1) is 8.65. The predicted molar refractivity (Wildman–Crippen MR) is 65.5 cm³/mol. The normalized spacial score (nSPS) is 11.8. The van der Waals surface area contributed by atoms with Gasteiger partial charge in [-0.15, -0.1) is 0 Å². The molecule has 0 aliphatic heterocycles. The Morgan fingerprint density at radius 2 is 2.06 bits per heavy atom. The molecule has 3 N–H and O–H groups in total. The van der Waals surface area contributed by atoms with Crippen molar-refractivity contribution in [1.82, 2.24) is 19.9 Å². The fourth-order valence-corrected chi connectivity index (χ4v) is 2.44. The highest BCUT2D eigenvalue weighted by atomic mass is 32.2. The lowest BCUT2D eigenvalue weighted by atomic mass is 10.3. The zero-order valence-electron chi connectivity index (χ0n) is 9.08. The van der Waals surface area contributed by atoms with Gasteiger partial charge in [0.2, 0.25) is 5.95 Å². The Kier molecular flexibility index (Phi) is 2.30. The Morgan fingerprint density at radius 3 is 2.78 bits per heavy atom. The molecular formula is C10H9N5O2S. The summed E-state index contributed by atoms with van der Waals surface area (Å²) in [6.45, 7) is 0. The van der Waals surface area contributed by atoms with Crippen LogP contribution in [0.1, 0.15) is 0 Å². The molecule has 0 saturated carbocycles. The number of anilines is 1. The maximum Gasteiger partial charge on any atom is 0.281 e. The molecule has 3 aromatic rings. The molecule has 0 saturated heterocycles. The van der Waals surface area contributed by atoms with E-state index >= 15 is 0 Å². The van der Waals surface area contributed by atoms with Crippen molar-refractivity contribution >= 4 is 27.0 Å². The largest absolute Gasteiger partial charge is 0.334 e. The average Bonchev–Trinajstić information content (AvgIpc) is 2.96. The van der Waals surface area contributed by atoms with Crippen LogP contribution in [-0.4, -0.2) is 28.4 Å². The number of hydrogen-bond acceptors (Lipinski definition) is 4. The molecule has 0 aliphatic carbocycles. The average molecular weight is 263 g/mol. The zero-order valence-corrected chi connectivity index (χ0v) is 9.90. The first-order valence-electron chi connectivity index (χ1n) is 5.11. The second kappa shape index (κ2) is 3.84. The smallest absolute Gasteiger partial charge is 0.281 e. The quantitative estimate of drug-likeness (QED) is 0.658. The number of nitrogens with zero attached hydrogens (tertiary/aromatic N) is 2. The number of H-pyrrole nitrogens is 2. The van der Waals surface area contributed by atoms with Crippen LogP contribution < -0.4 is 4.72 Å². The first-order valence-corrected chi connectivity index (χ1v) is 6.59. The molecule has 0 amide bonds. The van der Waals surface area contributed by atoms with Crippen LogP contribution in [0, 0.1) is 0 Å². The zero-order chi connectivity index (χ0) is 12.6. The lowest BCUT2D eigenvalue weighted by Gasteiger charge is -2.01. The lowest BCUT2D eigenvalue weighted by molar-refractivity contribution is 0.598. The van der Waals surface area contributed by atoms with E-state index in [0.29, 0.717) is 5.52 Å². The summed E-state index contributed by atoms with van der Waals surface area (Å²) >= 11 is 0. The fourth-order valence-electron chi connectivity index (χ4n) is 1.57. The van der Waals surface area contributed by atoms with Crippen molar-refractivity contribution in [2.24, 2.45) is 0 Å². The van der Waals surface area contributed by atoms with E-state index in [2.05, 4.69) is 24.7 Å². The molecule has 0 spiro atoms. The summed E-state index contributed by atoms with van der Waals surface area (Å²) in [6.07, 6.45) is 2.53. The molecule has 0 bridgehead atoms. The first kappa shape index (κ1) is 10.8. The Bertz CT molecular complexity index is 743. The van der Waals surface area contributed by atoms with Crippen molar-refractivity contribution in [3.63, 3.8) is 0 Å². The molecule has 2 aromatic heterocycles. The van der Waals surface area contributed by atoms with Crippen molar-refractivity contribution in [3.8, 4) is 0 Å². The number of imidazole rings is 2. The Balaban J connectivity index is 1.97. The van der Waals surface area contributed by atoms with Gasteiger partial charge in [-0.05, 0) is 12.1 Å². The number of sulfonamides is 1. The number of rotatable bonds is 3. The predicted octanol–water partition coefficient (Wildman–Crippen LogP) is 1.09. The summed E-state index contributed by atoms with van der Waals surface area (Å²) in [5, 5.41) is -0.0112. The lowest BCUT2D eigenvalue weighted by Crippen LogP contribution is -2.14. The molecule has 0 aliphatic rings. The number of aromatic amines is 2. The van der Waals surface area contributed by atoms with E-state index in [0.717, 1.165) is 5.52 Å². The molecule has 0 unspecified atom stereocenters. The summed E-state index contributed by atoms with van der Waals surface area (Å²) in [5.74, 6) is 0.172. The number of nitrogens with one attached hydrogen (secondary N) is 3. The second-order valence-electron chi connectivity index (χ2n) is 3.62. The standard InChI is InChI=1S/C10H9N5O2S/c16-18(17,9-5-11-6-12-9)15-10-13-7-3-1-2-4-8(7)14-10/h1-6H,(H,11,12)(H2,13,14,15).